The average molecular weight is 239 g/mol. The highest BCUT2D eigenvalue weighted by Gasteiger charge is 2.33. The molecule has 0 bridgehead atoms. The van der Waals surface area contributed by atoms with E-state index in [1.807, 2.05) is 13.8 Å². The minimum absolute atomic E-state index is 0.233. The van der Waals surface area contributed by atoms with Gasteiger partial charge in [0.1, 0.15) is 11.4 Å². The molecular formula is C13H18FNO2. The molecule has 0 saturated heterocycles. The van der Waals surface area contributed by atoms with Gasteiger partial charge in [0.15, 0.2) is 0 Å². The highest BCUT2D eigenvalue weighted by molar-refractivity contribution is 5.82. The third-order valence-electron chi connectivity index (χ3n) is 2.53. The first-order valence-electron chi connectivity index (χ1n) is 5.60. The zero-order chi connectivity index (χ0) is 13.1. The van der Waals surface area contributed by atoms with Crippen LogP contribution in [0.1, 0.15) is 27.2 Å². The van der Waals surface area contributed by atoms with Crippen LogP contribution in [0, 0.1) is 11.7 Å². The zero-order valence-corrected chi connectivity index (χ0v) is 10.3. The summed E-state index contributed by atoms with van der Waals surface area (Å²) in [5.74, 6) is -1.08. The van der Waals surface area contributed by atoms with E-state index in [0.717, 1.165) is 0 Å². The number of carboxylic acids is 1. The Hall–Kier alpha value is -1.58. The van der Waals surface area contributed by atoms with Gasteiger partial charge >= 0.3 is 5.97 Å². The minimum atomic E-state index is -1.08. The van der Waals surface area contributed by atoms with Crippen molar-refractivity contribution in [2.75, 3.05) is 5.32 Å². The summed E-state index contributed by atoms with van der Waals surface area (Å²) in [6.07, 6.45) is 0.471. The molecule has 0 radical (unpaired) electrons. The Balaban J connectivity index is 2.90. The van der Waals surface area contributed by atoms with Crippen molar-refractivity contribution in [1.82, 2.24) is 0 Å². The molecule has 0 aliphatic heterocycles. The summed E-state index contributed by atoms with van der Waals surface area (Å²) in [6, 6.07) is 5.83. The van der Waals surface area contributed by atoms with Gasteiger partial charge in [-0.25, -0.2) is 9.18 Å². The predicted octanol–water partition coefficient (Wildman–Crippen LogP) is 3.13. The lowest BCUT2D eigenvalue weighted by molar-refractivity contribution is -0.142. The lowest BCUT2D eigenvalue weighted by Gasteiger charge is -2.29. The van der Waals surface area contributed by atoms with Crippen LogP contribution in [0.15, 0.2) is 24.3 Å². The van der Waals surface area contributed by atoms with Crippen molar-refractivity contribution >= 4 is 11.7 Å². The molecule has 1 atom stereocenters. The molecule has 0 saturated carbocycles. The van der Waals surface area contributed by atoms with Crippen molar-refractivity contribution in [2.45, 2.75) is 32.7 Å². The highest BCUT2D eigenvalue weighted by atomic mass is 19.1. The number of carboxylic acid groups (broad SMARTS) is 1. The largest absolute Gasteiger partial charge is 0.480 e. The molecule has 0 aliphatic carbocycles. The van der Waals surface area contributed by atoms with Gasteiger partial charge < -0.3 is 10.4 Å². The van der Waals surface area contributed by atoms with Crippen LogP contribution in [-0.4, -0.2) is 16.6 Å². The van der Waals surface area contributed by atoms with Crippen molar-refractivity contribution in [3.05, 3.63) is 30.1 Å². The number of halogens is 1. The number of carbonyl (C=O) groups is 1. The fourth-order valence-corrected chi connectivity index (χ4v) is 1.89. The van der Waals surface area contributed by atoms with Crippen LogP contribution >= 0.6 is 0 Å². The molecule has 0 aromatic heterocycles. The molecule has 1 rings (SSSR count). The van der Waals surface area contributed by atoms with E-state index < -0.39 is 11.5 Å². The number of hydrogen-bond acceptors (Lipinski definition) is 2. The smallest absolute Gasteiger partial charge is 0.329 e. The van der Waals surface area contributed by atoms with Gasteiger partial charge in [0.2, 0.25) is 0 Å². The molecule has 2 N–H and O–H groups in total. The zero-order valence-electron chi connectivity index (χ0n) is 10.3. The standard InChI is InChI=1S/C13H18FNO2/c1-9(2)8-13(3,12(16)17)15-11-6-4-5-10(14)7-11/h4-7,9,15H,8H2,1-3H3,(H,16,17). The van der Waals surface area contributed by atoms with Gasteiger partial charge in [0, 0.05) is 5.69 Å². The first kappa shape index (κ1) is 13.5. The Morgan fingerprint density at radius 3 is 2.65 bits per heavy atom. The fourth-order valence-electron chi connectivity index (χ4n) is 1.89. The van der Waals surface area contributed by atoms with Crippen LogP contribution in [-0.2, 0) is 4.79 Å². The maximum absolute atomic E-state index is 13.0. The molecule has 0 aliphatic rings. The van der Waals surface area contributed by atoms with E-state index >= 15 is 0 Å². The van der Waals surface area contributed by atoms with E-state index in [1.165, 1.54) is 12.1 Å². The third-order valence-corrected chi connectivity index (χ3v) is 2.53. The summed E-state index contributed by atoms with van der Waals surface area (Å²) in [5.41, 5.74) is -0.599. The third kappa shape index (κ3) is 3.73. The summed E-state index contributed by atoms with van der Waals surface area (Å²) < 4.78 is 13.0. The number of hydrogen-bond donors (Lipinski definition) is 2. The SMILES string of the molecule is CC(C)CC(C)(Nc1cccc(F)c1)C(=O)O. The van der Waals surface area contributed by atoms with Crippen LogP contribution in [0.25, 0.3) is 0 Å². The average Bonchev–Trinajstić information content (AvgIpc) is 2.15. The molecule has 17 heavy (non-hydrogen) atoms. The first-order valence-corrected chi connectivity index (χ1v) is 5.60. The van der Waals surface area contributed by atoms with Gasteiger partial charge in [0.25, 0.3) is 0 Å². The highest BCUT2D eigenvalue weighted by Crippen LogP contribution is 2.23. The number of nitrogens with one attached hydrogen (secondary N) is 1. The van der Waals surface area contributed by atoms with Crippen LogP contribution in [0.3, 0.4) is 0 Å². The van der Waals surface area contributed by atoms with Crippen molar-refractivity contribution in [1.29, 1.82) is 0 Å². The van der Waals surface area contributed by atoms with Crippen LogP contribution in [0.4, 0.5) is 10.1 Å². The lowest BCUT2D eigenvalue weighted by atomic mass is 9.90. The first-order chi connectivity index (χ1) is 7.83. The van der Waals surface area contributed by atoms with E-state index in [9.17, 15) is 14.3 Å². The van der Waals surface area contributed by atoms with E-state index in [0.29, 0.717) is 12.1 Å². The normalized spacial score (nSPS) is 14.4. The summed E-state index contributed by atoms with van der Waals surface area (Å²) in [6.45, 7) is 5.52. The van der Waals surface area contributed by atoms with E-state index in [4.69, 9.17) is 0 Å². The van der Waals surface area contributed by atoms with Crippen molar-refractivity contribution in [2.24, 2.45) is 5.92 Å². The van der Waals surface area contributed by atoms with Gasteiger partial charge in [-0.05, 0) is 37.5 Å². The summed E-state index contributed by atoms with van der Waals surface area (Å²) in [5, 5.41) is 12.1. The van der Waals surface area contributed by atoms with Gasteiger partial charge in [-0.3, -0.25) is 0 Å². The Morgan fingerprint density at radius 2 is 2.18 bits per heavy atom. The lowest BCUT2D eigenvalue weighted by Crippen LogP contribution is -2.44. The molecule has 1 unspecified atom stereocenters. The Labute approximate surface area is 101 Å². The summed E-state index contributed by atoms with van der Waals surface area (Å²) in [4.78, 5) is 11.3. The number of aliphatic carboxylic acids is 1. The molecule has 0 fully saturated rings. The molecule has 4 heteroatoms. The number of anilines is 1. The molecule has 1 aromatic carbocycles. The van der Waals surface area contributed by atoms with E-state index in [-0.39, 0.29) is 11.7 Å². The molecule has 94 valence electrons. The van der Waals surface area contributed by atoms with E-state index in [1.54, 1.807) is 19.1 Å². The Kier molecular flexibility index (Phi) is 4.10. The minimum Gasteiger partial charge on any atom is -0.480 e. The second kappa shape index (κ2) is 5.17. The second-order valence-corrected chi connectivity index (χ2v) is 4.87. The molecular weight excluding hydrogens is 221 g/mol. The molecule has 0 heterocycles. The number of benzene rings is 1. The van der Waals surface area contributed by atoms with Gasteiger partial charge in [-0.1, -0.05) is 19.9 Å². The van der Waals surface area contributed by atoms with Crippen molar-refractivity contribution in [3.63, 3.8) is 0 Å². The van der Waals surface area contributed by atoms with Crippen LogP contribution < -0.4 is 5.32 Å². The van der Waals surface area contributed by atoms with Gasteiger partial charge in [0.05, 0.1) is 0 Å². The molecule has 3 nitrogen and oxygen atoms in total. The number of rotatable bonds is 5. The molecule has 1 aromatic rings. The topological polar surface area (TPSA) is 49.3 Å². The molecule has 0 spiro atoms. The Bertz CT molecular complexity index is 406. The van der Waals surface area contributed by atoms with Gasteiger partial charge in [-0.2, -0.15) is 0 Å². The van der Waals surface area contributed by atoms with Crippen LogP contribution in [0.5, 0.6) is 0 Å². The van der Waals surface area contributed by atoms with Crippen molar-refractivity contribution < 1.29 is 14.3 Å². The predicted molar refractivity (Wildman–Crippen MR) is 65.5 cm³/mol. The van der Waals surface area contributed by atoms with Crippen LogP contribution in [0.2, 0.25) is 0 Å². The summed E-state index contributed by atoms with van der Waals surface area (Å²) >= 11 is 0. The second-order valence-electron chi connectivity index (χ2n) is 4.87. The Morgan fingerprint density at radius 1 is 1.53 bits per heavy atom. The maximum Gasteiger partial charge on any atom is 0.329 e. The van der Waals surface area contributed by atoms with E-state index in [2.05, 4.69) is 5.32 Å². The summed E-state index contributed by atoms with van der Waals surface area (Å²) in [7, 11) is 0. The van der Waals surface area contributed by atoms with Crippen molar-refractivity contribution in [3.8, 4) is 0 Å². The fraction of sp³-hybridized carbons (Fsp3) is 0.462. The van der Waals surface area contributed by atoms with Gasteiger partial charge in [-0.15, -0.1) is 0 Å². The maximum atomic E-state index is 13.0. The quantitative estimate of drug-likeness (QED) is 0.830. The molecule has 0 amide bonds. The monoisotopic (exact) mass is 239 g/mol.